The van der Waals surface area contributed by atoms with Crippen molar-refractivity contribution in [1.82, 2.24) is 0 Å². The fraction of sp³-hybridized carbons (Fsp3) is 0.531. The van der Waals surface area contributed by atoms with Gasteiger partial charge in [0.15, 0.2) is 5.60 Å². The Morgan fingerprint density at radius 2 is 0.898 bits per heavy atom. The minimum atomic E-state index is -3.36. The van der Waals surface area contributed by atoms with E-state index in [9.17, 15) is 75.7 Å². The lowest BCUT2D eigenvalue weighted by atomic mass is 9.71. The molecule has 12 N–H and O–H groups in total. The molecule has 12 atom stereocenters. The maximum atomic E-state index is 12.5. The second-order valence-electron chi connectivity index (χ2n) is 12.3. The molecule has 0 spiro atoms. The van der Waals surface area contributed by atoms with E-state index in [1.807, 2.05) is 0 Å². The molecule has 2 aliphatic heterocycles. The zero-order valence-corrected chi connectivity index (χ0v) is 25.8. The third-order valence-corrected chi connectivity index (χ3v) is 9.28. The first-order valence-corrected chi connectivity index (χ1v) is 15.3. The minimum Gasteiger partial charge on any atom is -0.481 e. The molecule has 0 radical (unpaired) electrons. The summed E-state index contributed by atoms with van der Waals surface area (Å²) in [6.07, 6.45) is -15.8. The van der Waals surface area contributed by atoms with Crippen molar-refractivity contribution in [2.75, 3.05) is 13.2 Å². The van der Waals surface area contributed by atoms with Gasteiger partial charge in [-0.1, -0.05) is 48.5 Å². The first-order valence-electron chi connectivity index (χ1n) is 15.3. The van der Waals surface area contributed by atoms with Gasteiger partial charge in [0.2, 0.25) is 0 Å². The highest BCUT2D eigenvalue weighted by Crippen LogP contribution is 2.37. The Kier molecular flexibility index (Phi) is 12.1. The van der Waals surface area contributed by atoms with E-state index in [2.05, 4.69) is 0 Å². The third-order valence-electron chi connectivity index (χ3n) is 9.28. The van der Waals surface area contributed by atoms with E-state index in [1.165, 1.54) is 48.5 Å². The van der Waals surface area contributed by atoms with E-state index in [1.54, 1.807) is 0 Å². The molecule has 0 bridgehead atoms. The zero-order valence-electron chi connectivity index (χ0n) is 25.8. The third kappa shape index (κ3) is 7.62. The van der Waals surface area contributed by atoms with Crippen molar-refractivity contribution in [3.8, 4) is 0 Å². The van der Waals surface area contributed by atoms with Gasteiger partial charge in [0, 0.05) is 0 Å². The molecule has 270 valence electrons. The molecule has 2 saturated heterocycles. The molecule has 2 unspecified atom stereocenters. The highest BCUT2D eigenvalue weighted by molar-refractivity contribution is 5.91. The van der Waals surface area contributed by atoms with Crippen molar-refractivity contribution in [3.05, 3.63) is 70.8 Å². The number of aliphatic hydroxyl groups excluding tert-OH is 8. The van der Waals surface area contributed by atoms with Crippen LogP contribution in [0.3, 0.4) is 0 Å². The molecule has 0 aliphatic carbocycles. The van der Waals surface area contributed by atoms with Gasteiger partial charge in [-0.3, -0.25) is 9.59 Å². The van der Waals surface area contributed by atoms with E-state index in [4.69, 9.17) is 9.47 Å². The van der Waals surface area contributed by atoms with Crippen molar-refractivity contribution in [3.63, 3.8) is 0 Å². The Hall–Kier alpha value is -3.59. The number of hydrogen-bond donors (Lipinski definition) is 12. The number of ether oxygens (including phenoxy) is 2. The van der Waals surface area contributed by atoms with Crippen molar-refractivity contribution >= 4 is 17.9 Å². The molecule has 2 aromatic carbocycles. The molecule has 2 fully saturated rings. The molecule has 2 aromatic rings. The van der Waals surface area contributed by atoms with Crippen LogP contribution in [0.5, 0.6) is 0 Å². The Bertz CT molecular complexity index is 1350. The Morgan fingerprint density at radius 1 is 0.571 bits per heavy atom. The lowest BCUT2D eigenvalue weighted by molar-refractivity contribution is -0.231. The normalized spacial score (nSPS) is 32.8. The molecule has 0 saturated carbocycles. The number of hydrogen-bond acceptors (Lipinski definition) is 14. The summed E-state index contributed by atoms with van der Waals surface area (Å²) in [6, 6.07) is 10.7. The molecule has 17 heteroatoms. The summed E-state index contributed by atoms with van der Waals surface area (Å²) in [5, 5.41) is 122. The molecule has 17 nitrogen and oxygen atoms in total. The van der Waals surface area contributed by atoms with Gasteiger partial charge in [-0.05, 0) is 35.1 Å². The average Bonchev–Trinajstić information content (AvgIpc) is 3.08. The van der Waals surface area contributed by atoms with Crippen LogP contribution in [0.25, 0.3) is 0 Å². The molecular formula is C32H40O17. The van der Waals surface area contributed by atoms with E-state index in [0.717, 1.165) is 0 Å². The van der Waals surface area contributed by atoms with Gasteiger partial charge in [-0.25, -0.2) is 4.79 Å². The quantitative estimate of drug-likeness (QED) is 0.0977. The first-order chi connectivity index (χ1) is 23.1. The number of carbonyl (C=O) groups is 3. The van der Waals surface area contributed by atoms with Crippen LogP contribution < -0.4 is 0 Å². The SMILES string of the molecule is O=C(O)C(Cc1ccc([C@@H]2O[C@H](CO)[C@@H](O)[C@H](O)[C@H]2O)cc1)C(O)(C(=O)O)C(Cc1ccc([C@@H]2O[C@H](CO)[C@@H](O)[C@H](O)[C@H]2O)cc1)C(=O)O. The highest BCUT2D eigenvalue weighted by atomic mass is 16.6. The summed E-state index contributed by atoms with van der Waals surface area (Å²) in [7, 11) is 0. The summed E-state index contributed by atoms with van der Waals surface area (Å²) >= 11 is 0. The van der Waals surface area contributed by atoms with Gasteiger partial charge < -0.3 is 70.8 Å². The van der Waals surface area contributed by atoms with E-state index >= 15 is 0 Å². The van der Waals surface area contributed by atoms with Crippen LogP contribution in [-0.4, -0.2) is 147 Å². The molecule has 2 heterocycles. The Balaban J connectivity index is 1.57. The first kappa shape index (κ1) is 38.2. The fourth-order valence-corrected chi connectivity index (χ4v) is 6.32. The van der Waals surface area contributed by atoms with Crippen molar-refractivity contribution in [1.29, 1.82) is 0 Å². The second kappa shape index (κ2) is 15.5. The van der Waals surface area contributed by atoms with Crippen LogP contribution in [0.4, 0.5) is 0 Å². The predicted molar refractivity (Wildman–Crippen MR) is 161 cm³/mol. The standard InChI is InChI=1S/C32H40O17/c33-11-19-21(35)23(37)25(39)27(48-19)15-5-1-13(2-6-15)9-17(29(41)42)32(47,31(45)46)18(30(43)44)10-14-3-7-16(8-4-14)28-26(40)24(38)22(36)20(12-34)49-28/h1-8,17-28,33-40,47H,9-12H2,(H,41,42)(H,43,44)(H,45,46)/t17?,18?,19-,20-,21-,22-,23+,24+,25-,26-,27+,28+,32?/m1/s1. The second-order valence-corrected chi connectivity index (χ2v) is 12.3. The Labute approximate surface area is 278 Å². The van der Waals surface area contributed by atoms with Crippen molar-refractivity contribution in [2.24, 2.45) is 11.8 Å². The molecule has 0 aromatic heterocycles. The van der Waals surface area contributed by atoms with Crippen LogP contribution in [0, 0.1) is 11.8 Å². The lowest BCUT2D eigenvalue weighted by Crippen LogP contribution is -2.58. The summed E-state index contributed by atoms with van der Waals surface area (Å²) in [6.45, 7) is -1.33. The van der Waals surface area contributed by atoms with Gasteiger partial charge in [0.05, 0.1) is 13.2 Å². The monoisotopic (exact) mass is 696 g/mol. The minimum absolute atomic E-state index is 0.147. The zero-order chi connectivity index (χ0) is 36.4. The summed E-state index contributed by atoms with van der Waals surface area (Å²) in [5.41, 5.74) is -2.57. The van der Waals surface area contributed by atoms with Gasteiger partial charge in [-0.2, -0.15) is 0 Å². The molecular weight excluding hydrogens is 656 g/mol. The summed E-state index contributed by atoms with van der Waals surface area (Å²) in [4.78, 5) is 37.4. The van der Waals surface area contributed by atoms with Crippen LogP contribution in [-0.2, 0) is 36.7 Å². The number of aliphatic carboxylic acids is 3. The van der Waals surface area contributed by atoms with Gasteiger partial charge in [-0.15, -0.1) is 0 Å². The Morgan fingerprint density at radius 3 is 1.16 bits per heavy atom. The van der Waals surface area contributed by atoms with E-state index in [-0.39, 0.29) is 22.3 Å². The summed E-state index contributed by atoms with van der Waals surface area (Å²) < 4.78 is 11.0. The molecule has 49 heavy (non-hydrogen) atoms. The molecule has 4 rings (SSSR count). The van der Waals surface area contributed by atoms with Crippen molar-refractivity contribution < 1.29 is 85.1 Å². The maximum Gasteiger partial charge on any atom is 0.337 e. The lowest BCUT2D eigenvalue weighted by Gasteiger charge is -2.40. The number of aliphatic hydroxyl groups is 9. The predicted octanol–water partition coefficient (Wildman–Crippen LogP) is -3.28. The number of carboxylic acids is 3. The van der Waals surface area contributed by atoms with Gasteiger partial charge >= 0.3 is 17.9 Å². The maximum absolute atomic E-state index is 12.5. The van der Waals surface area contributed by atoms with Crippen LogP contribution >= 0.6 is 0 Å². The fourth-order valence-electron chi connectivity index (χ4n) is 6.32. The van der Waals surface area contributed by atoms with Gasteiger partial charge in [0.25, 0.3) is 0 Å². The topological polar surface area (TPSA) is 312 Å². The average molecular weight is 697 g/mol. The highest BCUT2D eigenvalue weighted by Gasteiger charge is 2.57. The number of benzene rings is 2. The molecule has 2 aliphatic rings. The smallest absolute Gasteiger partial charge is 0.337 e. The van der Waals surface area contributed by atoms with Crippen LogP contribution in [0.15, 0.2) is 48.5 Å². The van der Waals surface area contributed by atoms with Crippen LogP contribution in [0.2, 0.25) is 0 Å². The van der Waals surface area contributed by atoms with E-state index in [0.29, 0.717) is 0 Å². The number of rotatable bonds is 13. The van der Waals surface area contributed by atoms with Crippen LogP contribution in [0.1, 0.15) is 34.5 Å². The summed E-state index contributed by atoms with van der Waals surface area (Å²) in [5.74, 6) is -10.1. The van der Waals surface area contributed by atoms with Gasteiger partial charge in [0.1, 0.15) is 72.9 Å². The van der Waals surface area contributed by atoms with Crippen molar-refractivity contribution in [2.45, 2.75) is 79.5 Å². The largest absolute Gasteiger partial charge is 0.481 e. The molecule has 0 amide bonds. The van der Waals surface area contributed by atoms with E-state index < -0.39 is 122 Å². The number of carboxylic acid groups (broad SMARTS) is 3.